The summed E-state index contributed by atoms with van der Waals surface area (Å²) in [6.07, 6.45) is 0. The van der Waals surface area contributed by atoms with Gasteiger partial charge in [0.2, 0.25) is 0 Å². The zero-order chi connectivity index (χ0) is 15.5. The van der Waals surface area contributed by atoms with Crippen molar-refractivity contribution in [2.45, 2.75) is 13.8 Å². The quantitative estimate of drug-likeness (QED) is 0.663. The maximum Gasteiger partial charge on any atom is 0.0637 e. The van der Waals surface area contributed by atoms with Gasteiger partial charge in [-0.1, -0.05) is 41.6 Å². The molecule has 2 rings (SSSR count). The van der Waals surface area contributed by atoms with Crippen molar-refractivity contribution in [2.24, 2.45) is 10.4 Å². The third-order valence-corrected chi connectivity index (χ3v) is 2.60. The van der Waals surface area contributed by atoms with Crippen LogP contribution in [0.2, 0.25) is 0 Å². The van der Waals surface area contributed by atoms with Crippen LogP contribution < -0.4 is 10.4 Å². The van der Waals surface area contributed by atoms with Crippen LogP contribution in [0, 0.1) is 6.92 Å². The highest BCUT2D eigenvalue weighted by Gasteiger charge is 2.01. The molecule has 0 bridgehead atoms. The van der Waals surface area contributed by atoms with Crippen molar-refractivity contribution < 1.29 is 5.11 Å². The maximum atomic E-state index is 7.57. The van der Waals surface area contributed by atoms with E-state index in [0.29, 0.717) is 0 Å². The summed E-state index contributed by atoms with van der Waals surface area (Å²) in [7, 11) is 1.87. The largest absolute Gasteiger partial charge is 0.397 e. The van der Waals surface area contributed by atoms with Gasteiger partial charge in [0.15, 0.2) is 0 Å². The molecule has 0 aromatic heterocycles. The first-order valence-corrected chi connectivity index (χ1v) is 6.81. The highest BCUT2D eigenvalue weighted by molar-refractivity contribution is 5.51. The van der Waals surface area contributed by atoms with Gasteiger partial charge in [-0.25, -0.2) is 5.01 Å². The van der Waals surface area contributed by atoms with Crippen LogP contribution in [0.3, 0.4) is 0 Å². The summed E-state index contributed by atoms with van der Waals surface area (Å²) >= 11 is 0. The maximum absolute atomic E-state index is 7.57. The number of anilines is 2. The molecule has 112 valence electrons. The zero-order valence-electron chi connectivity index (χ0n) is 12.7. The van der Waals surface area contributed by atoms with Crippen molar-refractivity contribution in [2.75, 3.05) is 24.1 Å². The van der Waals surface area contributed by atoms with Crippen LogP contribution in [-0.2, 0) is 0 Å². The monoisotopic (exact) mass is 286 g/mol. The molecule has 2 N–H and O–H groups in total. The Hall–Kier alpha value is -2.40. The van der Waals surface area contributed by atoms with Crippen LogP contribution in [0.5, 0.6) is 0 Å². The number of nitrogens with zero attached hydrogens (tertiary/aromatic N) is 3. The van der Waals surface area contributed by atoms with Crippen molar-refractivity contribution in [1.29, 1.82) is 0 Å². The Morgan fingerprint density at radius 1 is 1.05 bits per heavy atom. The number of aryl methyl sites for hydroxylation is 1. The number of hydrogen-bond acceptors (Lipinski definition) is 3. The molecule has 2 aromatic carbocycles. The van der Waals surface area contributed by atoms with Crippen molar-refractivity contribution in [3.63, 3.8) is 0 Å². The summed E-state index contributed by atoms with van der Waals surface area (Å²) in [4.78, 5) is 0. The molecule has 0 spiro atoms. The predicted octanol–water partition coefficient (Wildman–Crippen LogP) is 3.82. The van der Waals surface area contributed by atoms with Crippen molar-refractivity contribution in [3.8, 4) is 0 Å². The number of benzene rings is 2. The van der Waals surface area contributed by atoms with E-state index in [0.717, 1.165) is 11.4 Å². The molecule has 0 aliphatic rings. The van der Waals surface area contributed by atoms with Gasteiger partial charge in [-0.15, -0.1) is 0 Å². The molecule has 0 heterocycles. The fourth-order valence-corrected chi connectivity index (χ4v) is 1.63. The van der Waals surface area contributed by atoms with E-state index in [-0.39, 0.29) is 6.61 Å². The molecule has 0 radical (unpaired) electrons. The Balaban J connectivity index is 0.000000677. The van der Waals surface area contributed by atoms with Crippen LogP contribution in [0.1, 0.15) is 12.5 Å². The summed E-state index contributed by atoms with van der Waals surface area (Å²) in [5, 5.41) is 17.4. The molecule has 0 saturated carbocycles. The van der Waals surface area contributed by atoms with E-state index in [4.69, 9.17) is 5.11 Å². The molecule has 5 heteroatoms. The third kappa shape index (κ3) is 6.05. The van der Waals surface area contributed by atoms with Gasteiger partial charge in [-0.2, -0.15) is 0 Å². The topological polar surface area (TPSA) is 60.2 Å². The molecule has 0 atom stereocenters. The van der Waals surface area contributed by atoms with E-state index in [2.05, 4.69) is 15.9 Å². The fourth-order valence-electron chi connectivity index (χ4n) is 1.63. The zero-order valence-corrected chi connectivity index (χ0v) is 12.7. The minimum Gasteiger partial charge on any atom is -0.397 e. The first-order chi connectivity index (χ1) is 10.2. The van der Waals surface area contributed by atoms with Crippen molar-refractivity contribution >= 4 is 11.4 Å². The second-order valence-corrected chi connectivity index (χ2v) is 4.29. The molecule has 0 fully saturated rings. The highest BCUT2D eigenvalue weighted by atomic mass is 16.2. The highest BCUT2D eigenvalue weighted by Crippen LogP contribution is 2.18. The Kier molecular flexibility index (Phi) is 7.53. The number of rotatable bonds is 4. The minimum absolute atomic E-state index is 0.250. The Morgan fingerprint density at radius 2 is 1.62 bits per heavy atom. The summed E-state index contributed by atoms with van der Waals surface area (Å²) in [5.41, 5.74) is 6.00. The lowest BCUT2D eigenvalue weighted by Gasteiger charge is -2.13. The average molecular weight is 286 g/mol. The molecule has 0 unspecified atom stereocenters. The van der Waals surface area contributed by atoms with Gasteiger partial charge >= 0.3 is 0 Å². The number of para-hydroxylation sites is 2. The number of nitrogens with one attached hydrogen (secondary N) is 1. The Labute approximate surface area is 125 Å². The summed E-state index contributed by atoms with van der Waals surface area (Å²) in [5.74, 6) is 0. The van der Waals surface area contributed by atoms with Gasteiger partial charge in [0, 0.05) is 13.7 Å². The van der Waals surface area contributed by atoms with E-state index in [1.165, 1.54) is 5.56 Å². The lowest BCUT2D eigenvalue weighted by Crippen LogP contribution is -2.09. The van der Waals surface area contributed by atoms with Crippen LogP contribution in [0.4, 0.5) is 11.4 Å². The molecule has 0 saturated heterocycles. The Bertz CT molecular complexity index is 543. The normalized spacial score (nSPS) is 9.90. The second kappa shape index (κ2) is 9.50. The molecule has 0 aliphatic heterocycles. The third-order valence-electron chi connectivity index (χ3n) is 2.60. The second-order valence-electron chi connectivity index (χ2n) is 4.29. The molecule has 0 aliphatic carbocycles. The first-order valence-electron chi connectivity index (χ1n) is 6.81. The van der Waals surface area contributed by atoms with Crippen LogP contribution in [-0.4, -0.2) is 18.8 Å². The molecule has 5 nitrogen and oxygen atoms in total. The van der Waals surface area contributed by atoms with Gasteiger partial charge in [-0.3, -0.25) is 5.43 Å². The van der Waals surface area contributed by atoms with Gasteiger partial charge in [0.1, 0.15) is 0 Å². The van der Waals surface area contributed by atoms with E-state index in [1.807, 2.05) is 68.6 Å². The van der Waals surface area contributed by atoms with E-state index in [9.17, 15) is 0 Å². The molecule has 21 heavy (non-hydrogen) atoms. The molecular formula is C16H22N4O. The lowest BCUT2D eigenvalue weighted by atomic mass is 10.2. The summed E-state index contributed by atoms with van der Waals surface area (Å²) < 4.78 is 0. The van der Waals surface area contributed by atoms with Crippen molar-refractivity contribution in [3.05, 3.63) is 60.2 Å². The SMILES string of the molecule is CCO.Cc1ccccc1N(C)N=NNc1ccccc1. The fraction of sp³-hybridized carbons (Fsp3) is 0.250. The van der Waals surface area contributed by atoms with Gasteiger partial charge in [-0.05, 0) is 42.8 Å². The molecular weight excluding hydrogens is 264 g/mol. The van der Waals surface area contributed by atoms with Crippen LogP contribution >= 0.6 is 0 Å². The predicted molar refractivity (Wildman–Crippen MR) is 87.3 cm³/mol. The number of hydrogen-bond donors (Lipinski definition) is 2. The first kappa shape index (κ1) is 16.7. The van der Waals surface area contributed by atoms with E-state index < -0.39 is 0 Å². The van der Waals surface area contributed by atoms with Gasteiger partial charge in [0.25, 0.3) is 0 Å². The standard InChI is InChI=1S/C14H16N4.C2H6O/c1-12-8-6-7-11-14(12)18(2)17-16-15-13-9-4-3-5-10-13;1-2-3/h3-11H,1-2H3,(H,15,17);3H,2H2,1H3. The van der Waals surface area contributed by atoms with Crippen LogP contribution in [0.25, 0.3) is 0 Å². The molecule has 2 aromatic rings. The summed E-state index contributed by atoms with van der Waals surface area (Å²) in [6.45, 7) is 3.98. The van der Waals surface area contributed by atoms with Crippen molar-refractivity contribution in [1.82, 2.24) is 0 Å². The smallest absolute Gasteiger partial charge is 0.0637 e. The average Bonchev–Trinajstić information content (AvgIpc) is 2.49. The van der Waals surface area contributed by atoms with Gasteiger partial charge in [0.05, 0.1) is 11.4 Å². The van der Waals surface area contributed by atoms with E-state index in [1.54, 1.807) is 11.9 Å². The molecule has 0 amide bonds. The number of aliphatic hydroxyl groups excluding tert-OH is 1. The number of aliphatic hydroxyl groups is 1. The summed E-state index contributed by atoms with van der Waals surface area (Å²) in [6, 6.07) is 17.8. The minimum atomic E-state index is 0.250. The Morgan fingerprint density at radius 3 is 2.24 bits per heavy atom. The van der Waals surface area contributed by atoms with Gasteiger partial charge < -0.3 is 5.11 Å². The lowest BCUT2D eigenvalue weighted by molar-refractivity contribution is 0.318. The van der Waals surface area contributed by atoms with Crippen LogP contribution in [0.15, 0.2) is 65.0 Å². The van der Waals surface area contributed by atoms with E-state index >= 15 is 0 Å².